The summed E-state index contributed by atoms with van der Waals surface area (Å²) in [6, 6.07) is 7.45. The van der Waals surface area contributed by atoms with Gasteiger partial charge in [0.2, 0.25) is 0 Å². The lowest BCUT2D eigenvalue weighted by Gasteiger charge is -2.30. The third-order valence-corrected chi connectivity index (χ3v) is 4.95. The monoisotopic (exact) mass is 369 g/mol. The van der Waals surface area contributed by atoms with Gasteiger partial charge >= 0.3 is 5.97 Å². The maximum atomic E-state index is 11.4. The number of benzene rings is 1. The molecule has 7 heteroatoms. The van der Waals surface area contributed by atoms with Crippen molar-refractivity contribution >= 4 is 16.9 Å². The Bertz CT molecular complexity index is 909. The summed E-state index contributed by atoms with van der Waals surface area (Å²) in [6.07, 6.45) is 5.85. The predicted molar refractivity (Wildman–Crippen MR) is 102 cm³/mol. The molecule has 7 nitrogen and oxygen atoms in total. The molecule has 3 heterocycles. The fourth-order valence-corrected chi connectivity index (χ4v) is 3.58. The maximum Gasteiger partial charge on any atom is 0.352 e. The SMILES string of the molecule is Cn1c(C(=O)O)cc2cccc(OC3=CC(CN4CCOCC4)NC=C3)c21. The lowest BCUT2D eigenvalue weighted by molar-refractivity contribution is 0.0360. The van der Waals surface area contributed by atoms with Crippen LogP contribution < -0.4 is 10.1 Å². The fraction of sp³-hybridized carbons (Fsp3) is 0.350. The number of dihydropyridines is 1. The largest absolute Gasteiger partial charge is 0.477 e. The number of carboxylic acid groups (broad SMARTS) is 1. The molecule has 2 N–H and O–H groups in total. The van der Waals surface area contributed by atoms with Gasteiger partial charge in [-0.1, -0.05) is 12.1 Å². The number of carbonyl (C=O) groups is 1. The van der Waals surface area contributed by atoms with Gasteiger partial charge in [-0.25, -0.2) is 4.79 Å². The van der Waals surface area contributed by atoms with Crippen LogP contribution in [0.15, 0.2) is 48.4 Å². The molecule has 2 aliphatic rings. The van der Waals surface area contributed by atoms with Gasteiger partial charge in [-0.3, -0.25) is 4.90 Å². The van der Waals surface area contributed by atoms with Crippen molar-refractivity contribution in [2.45, 2.75) is 6.04 Å². The van der Waals surface area contributed by atoms with Crippen LogP contribution in [0.5, 0.6) is 5.75 Å². The summed E-state index contributed by atoms with van der Waals surface area (Å²) in [5.74, 6) is 0.439. The van der Waals surface area contributed by atoms with Gasteiger partial charge in [0.15, 0.2) is 5.75 Å². The van der Waals surface area contributed by atoms with Crippen molar-refractivity contribution in [3.05, 3.63) is 54.1 Å². The molecule has 0 aliphatic carbocycles. The Balaban J connectivity index is 1.56. The van der Waals surface area contributed by atoms with E-state index >= 15 is 0 Å². The van der Waals surface area contributed by atoms with Gasteiger partial charge in [-0.2, -0.15) is 0 Å². The molecule has 4 rings (SSSR count). The van der Waals surface area contributed by atoms with E-state index in [9.17, 15) is 9.90 Å². The standard InChI is InChI=1S/C20H23N3O4/c1-22-17(20(24)25)11-14-3-2-4-18(19(14)22)27-16-5-6-21-15(12-16)13-23-7-9-26-10-8-23/h2-6,11-12,15,21H,7-10,13H2,1H3,(H,24,25). The number of nitrogens with one attached hydrogen (secondary N) is 1. The van der Waals surface area contributed by atoms with Crippen LogP contribution in [0.1, 0.15) is 10.5 Å². The second-order valence-corrected chi connectivity index (χ2v) is 6.78. The molecule has 2 aliphatic heterocycles. The van der Waals surface area contributed by atoms with Gasteiger partial charge in [-0.05, 0) is 24.3 Å². The van der Waals surface area contributed by atoms with Crippen molar-refractivity contribution in [3.63, 3.8) is 0 Å². The minimum absolute atomic E-state index is 0.158. The molecule has 1 saturated heterocycles. The minimum atomic E-state index is -0.953. The summed E-state index contributed by atoms with van der Waals surface area (Å²) in [5, 5.41) is 13.6. The molecule has 1 aromatic heterocycles. The quantitative estimate of drug-likeness (QED) is 0.839. The van der Waals surface area contributed by atoms with Crippen LogP contribution in [0.2, 0.25) is 0 Å². The summed E-state index contributed by atoms with van der Waals surface area (Å²) in [6.45, 7) is 4.31. The van der Waals surface area contributed by atoms with E-state index in [1.807, 2.05) is 30.5 Å². The number of aromatic nitrogens is 1. The fourth-order valence-electron chi connectivity index (χ4n) is 3.58. The number of aryl methyl sites for hydroxylation is 1. The first-order valence-corrected chi connectivity index (χ1v) is 9.06. The average molecular weight is 369 g/mol. The maximum absolute atomic E-state index is 11.4. The Kier molecular flexibility index (Phi) is 4.87. The molecular formula is C20H23N3O4. The van der Waals surface area contributed by atoms with Crippen molar-refractivity contribution in [2.24, 2.45) is 7.05 Å². The topological polar surface area (TPSA) is 76.0 Å². The van der Waals surface area contributed by atoms with Gasteiger partial charge in [0.05, 0.1) is 24.8 Å². The van der Waals surface area contributed by atoms with Crippen molar-refractivity contribution < 1.29 is 19.4 Å². The Morgan fingerprint density at radius 1 is 1.37 bits per heavy atom. The number of ether oxygens (including phenoxy) is 2. The zero-order chi connectivity index (χ0) is 18.8. The molecule has 1 fully saturated rings. The van der Waals surface area contributed by atoms with Crippen molar-refractivity contribution in [2.75, 3.05) is 32.8 Å². The van der Waals surface area contributed by atoms with Gasteiger partial charge in [-0.15, -0.1) is 0 Å². The number of aromatic carboxylic acids is 1. The van der Waals surface area contributed by atoms with Crippen molar-refractivity contribution in [1.82, 2.24) is 14.8 Å². The summed E-state index contributed by atoms with van der Waals surface area (Å²) >= 11 is 0. The molecule has 2 aromatic rings. The molecule has 1 unspecified atom stereocenters. The van der Waals surface area contributed by atoms with E-state index in [2.05, 4.69) is 16.3 Å². The van der Waals surface area contributed by atoms with Crippen LogP contribution in [0.25, 0.3) is 10.9 Å². The summed E-state index contributed by atoms with van der Waals surface area (Å²) in [7, 11) is 1.74. The average Bonchev–Trinajstić information content (AvgIpc) is 3.01. The third-order valence-electron chi connectivity index (χ3n) is 4.95. The first kappa shape index (κ1) is 17.6. The number of para-hydroxylation sites is 1. The third kappa shape index (κ3) is 3.70. The number of morpholine rings is 1. The molecule has 0 bridgehead atoms. The predicted octanol–water partition coefficient (Wildman–Crippen LogP) is 1.96. The van der Waals surface area contributed by atoms with E-state index in [4.69, 9.17) is 9.47 Å². The molecule has 27 heavy (non-hydrogen) atoms. The Labute approximate surface area is 157 Å². The highest BCUT2D eigenvalue weighted by atomic mass is 16.5. The van der Waals surface area contributed by atoms with Crippen LogP contribution in [-0.2, 0) is 11.8 Å². The molecule has 0 saturated carbocycles. The highest BCUT2D eigenvalue weighted by molar-refractivity contribution is 5.96. The normalized spacial score (nSPS) is 20.3. The van der Waals surface area contributed by atoms with E-state index in [0.29, 0.717) is 5.75 Å². The number of rotatable bonds is 5. The zero-order valence-electron chi connectivity index (χ0n) is 15.2. The molecule has 1 aromatic carbocycles. The molecule has 142 valence electrons. The second kappa shape index (κ2) is 7.46. The van der Waals surface area contributed by atoms with Crippen LogP contribution in [0.4, 0.5) is 0 Å². The van der Waals surface area contributed by atoms with Crippen LogP contribution in [-0.4, -0.2) is 59.4 Å². The van der Waals surface area contributed by atoms with E-state index in [1.165, 1.54) is 0 Å². The Hall–Kier alpha value is -2.77. The number of hydrogen-bond donors (Lipinski definition) is 2. The molecule has 0 radical (unpaired) electrons. The molecule has 0 spiro atoms. The van der Waals surface area contributed by atoms with Crippen molar-refractivity contribution in [1.29, 1.82) is 0 Å². The number of nitrogens with zero attached hydrogens (tertiary/aromatic N) is 2. The lowest BCUT2D eigenvalue weighted by atomic mass is 10.2. The summed E-state index contributed by atoms with van der Waals surface area (Å²) in [5.41, 5.74) is 1.01. The van der Waals surface area contributed by atoms with Gasteiger partial charge in [0.1, 0.15) is 11.5 Å². The van der Waals surface area contributed by atoms with Crippen LogP contribution in [0, 0.1) is 0 Å². The number of allylic oxidation sites excluding steroid dienone is 1. The highest BCUT2D eigenvalue weighted by Gasteiger charge is 2.19. The molecule has 1 atom stereocenters. The summed E-state index contributed by atoms with van der Waals surface area (Å²) in [4.78, 5) is 13.8. The van der Waals surface area contributed by atoms with Gasteiger partial charge in [0.25, 0.3) is 0 Å². The summed E-state index contributed by atoms with van der Waals surface area (Å²) < 4.78 is 13.2. The first-order valence-electron chi connectivity index (χ1n) is 9.06. The highest BCUT2D eigenvalue weighted by Crippen LogP contribution is 2.30. The van der Waals surface area contributed by atoms with Gasteiger partial charge < -0.3 is 24.5 Å². The second-order valence-electron chi connectivity index (χ2n) is 6.78. The zero-order valence-corrected chi connectivity index (χ0v) is 15.2. The molecular weight excluding hydrogens is 346 g/mol. The van der Waals surface area contributed by atoms with Crippen LogP contribution >= 0.6 is 0 Å². The number of fused-ring (bicyclic) bond motifs is 1. The van der Waals surface area contributed by atoms with E-state index < -0.39 is 5.97 Å². The van der Waals surface area contributed by atoms with E-state index in [1.54, 1.807) is 17.7 Å². The van der Waals surface area contributed by atoms with Crippen molar-refractivity contribution in [3.8, 4) is 5.75 Å². The minimum Gasteiger partial charge on any atom is -0.477 e. The van der Waals surface area contributed by atoms with Gasteiger partial charge in [0, 0.05) is 38.3 Å². The number of hydrogen-bond acceptors (Lipinski definition) is 5. The smallest absolute Gasteiger partial charge is 0.352 e. The Morgan fingerprint density at radius 2 is 2.19 bits per heavy atom. The number of carboxylic acids is 1. The van der Waals surface area contributed by atoms with E-state index in [-0.39, 0.29) is 11.7 Å². The lowest BCUT2D eigenvalue weighted by Crippen LogP contribution is -2.44. The van der Waals surface area contributed by atoms with E-state index in [0.717, 1.165) is 49.5 Å². The van der Waals surface area contributed by atoms with Crippen LogP contribution in [0.3, 0.4) is 0 Å². The Morgan fingerprint density at radius 3 is 2.96 bits per heavy atom. The molecule has 0 amide bonds. The first-order chi connectivity index (χ1) is 13.1.